The lowest BCUT2D eigenvalue weighted by Crippen LogP contribution is -2.34. The predicted molar refractivity (Wildman–Crippen MR) is 134 cm³/mol. The molecular formula is C27H34Cl2N2O3. The largest absolute Gasteiger partial charge is 0.494 e. The molecule has 1 aromatic heterocycles. The lowest BCUT2D eigenvalue weighted by atomic mass is 9.78. The fraction of sp³-hybridized carbons (Fsp3) is 0.630. The Labute approximate surface area is 211 Å². The molecule has 34 heavy (non-hydrogen) atoms. The molecule has 2 aromatic rings. The number of aliphatic hydroxyl groups is 1. The molecule has 0 spiro atoms. The number of fused-ring (bicyclic) bond motifs is 5. The van der Waals surface area contributed by atoms with E-state index in [0.717, 1.165) is 56.4 Å². The molecule has 1 saturated heterocycles. The Bertz CT molecular complexity index is 1090. The number of likely N-dealkylation sites (tertiary alicyclic amines) is 1. The molecule has 0 radical (unpaired) electrons. The van der Waals surface area contributed by atoms with Gasteiger partial charge >= 0.3 is 0 Å². The van der Waals surface area contributed by atoms with Gasteiger partial charge in [-0.2, -0.15) is 0 Å². The average Bonchev–Trinajstić information content (AvgIpc) is 3.20. The maximum Gasteiger partial charge on any atom is 0.197 e. The lowest BCUT2D eigenvalue weighted by Gasteiger charge is -2.32. The summed E-state index contributed by atoms with van der Waals surface area (Å²) in [4.78, 5) is 2.56. The second-order valence-corrected chi connectivity index (χ2v) is 12.0. The smallest absolute Gasteiger partial charge is 0.197 e. The Balaban J connectivity index is 1.06. The summed E-state index contributed by atoms with van der Waals surface area (Å²) in [7, 11) is 0. The van der Waals surface area contributed by atoms with Crippen molar-refractivity contribution < 1.29 is 15.3 Å². The summed E-state index contributed by atoms with van der Waals surface area (Å²) >= 11 is 12.7. The van der Waals surface area contributed by atoms with Crippen molar-refractivity contribution in [1.29, 1.82) is 0 Å². The molecule has 1 aromatic carbocycles. The van der Waals surface area contributed by atoms with Crippen LogP contribution in [0.15, 0.2) is 18.2 Å². The Kier molecular flexibility index (Phi) is 5.84. The van der Waals surface area contributed by atoms with Crippen LogP contribution in [-0.4, -0.2) is 51.0 Å². The number of piperidine rings is 1. The second kappa shape index (κ2) is 8.62. The van der Waals surface area contributed by atoms with Gasteiger partial charge in [-0.3, -0.25) is 4.57 Å². The molecule has 184 valence electrons. The van der Waals surface area contributed by atoms with Crippen molar-refractivity contribution in [2.24, 2.45) is 23.7 Å². The number of hydrogen-bond donors (Lipinski definition) is 3. The summed E-state index contributed by atoms with van der Waals surface area (Å²) in [5.74, 6) is 3.07. The quantitative estimate of drug-likeness (QED) is 0.482. The van der Waals surface area contributed by atoms with E-state index in [-0.39, 0.29) is 36.1 Å². The van der Waals surface area contributed by atoms with Crippen LogP contribution in [0.25, 0.3) is 0 Å². The van der Waals surface area contributed by atoms with E-state index >= 15 is 0 Å². The molecule has 6 atom stereocenters. The zero-order chi connectivity index (χ0) is 23.7. The van der Waals surface area contributed by atoms with E-state index in [0.29, 0.717) is 40.3 Å². The molecule has 3 fully saturated rings. The fourth-order valence-corrected chi connectivity index (χ4v) is 7.92. The highest BCUT2D eigenvalue weighted by atomic mass is 35.5. The van der Waals surface area contributed by atoms with Crippen molar-refractivity contribution >= 4 is 23.2 Å². The average molecular weight is 505 g/mol. The number of rotatable bonds is 6. The highest BCUT2D eigenvalue weighted by Gasteiger charge is 2.53. The number of nitrogens with zero attached hydrogens (tertiary/aromatic N) is 2. The second-order valence-electron chi connectivity index (χ2n) is 11.2. The fourth-order valence-electron chi connectivity index (χ4n) is 7.46. The Morgan fingerprint density at radius 1 is 0.941 bits per heavy atom. The van der Waals surface area contributed by atoms with Crippen LogP contribution in [0.3, 0.4) is 0 Å². The van der Waals surface area contributed by atoms with Crippen LogP contribution in [0.1, 0.15) is 67.1 Å². The standard InChI is InChI=1S/C27H34Cl2N2O3/c1-14-19-10-20(21(14)13-32)24-23(19)26(33)31(27(24)34)12-17-9-16(17)11-30-7-5-15(6-8-30)18-3-2-4-22(28)25(18)29/h2-4,14-17,19-21,32-34H,5-13H2,1H3/t14?,16-,17-,19?,20?,21?/m1/s1. The minimum atomic E-state index is 0.151. The van der Waals surface area contributed by atoms with Gasteiger partial charge in [-0.15, -0.1) is 0 Å². The van der Waals surface area contributed by atoms with E-state index in [2.05, 4.69) is 17.9 Å². The number of aromatic nitrogens is 1. The third-order valence-electron chi connectivity index (χ3n) is 9.56. The first kappa shape index (κ1) is 23.0. The van der Waals surface area contributed by atoms with Crippen LogP contribution >= 0.6 is 23.2 Å². The maximum absolute atomic E-state index is 11.0. The molecule has 3 N–H and O–H groups in total. The van der Waals surface area contributed by atoms with Gasteiger partial charge in [0.1, 0.15) is 0 Å². The first-order valence-corrected chi connectivity index (χ1v) is 13.6. The van der Waals surface area contributed by atoms with Gasteiger partial charge in [-0.1, -0.05) is 42.3 Å². The molecule has 3 aliphatic carbocycles. The zero-order valence-corrected chi connectivity index (χ0v) is 21.1. The SMILES string of the molecule is CC1C2CC(c3c2c(O)n(C[C@H]2C[C@@H]2CN2CCC(c4cccc(Cl)c4Cl)CC2)c3O)C1CO. The van der Waals surface area contributed by atoms with Gasteiger partial charge in [0.25, 0.3) is 0 Å². The van der Waals surface area contributed by atoms with Crippen molar-refractivity contribution in [2.45, 2.75) is 56.9 Å². The molecule has 5 nitrogen and oxygen atoms in total. The molecule has 7 heteroatoms. The normalized spacial score (nSPS) is 32.9. The summed E-state index contributed by atoms with van der Waals surface area (Å²) in [6.45, 7) is 6.21. The highest BCUT2D eigenvalue weighted by molar-refractivity contribution is 6.42. The molecule has 6 rings (SSSR count). The monoisotopic (exact) mass is 504 g/mol. The van der Waals surface area contributed by atoms with Gasteiger partial charge in [0.05, 0.1) is 10.0 Å². The lowest BCUT2D eigenvalue weighted by molar-refractivity contribution is 0.178. The van der Waals surface area contributed by atoms with Crippen molar-refractivity contribution in [3.8, 4) is 11.8 Å². The van der Waals surface area contributed by atoms with Gasteiger partial charge in [-0.05, 0) is 91.8 Å². The van der Waals surface area contributed by atoms with Gasteiger partial charge in [0, 0.05) is 30.8 Å². The summed E-state index contributed by atoms with van der Waals surface area (Å²) in [6, 6.07) is 5.94. The van der Waals surface area contributed by atoms with Gasteiger partial charge in [-0.25, -0.2) is 0 Å². The first-order valence-electron chi connectivity index (χ1n) is 12.8. The van der Waals surface area contributed by atoms with Gasteiger partial charge in [0.15, 0.2) is 11.8 Å². The number of halogens is 2. The Hall–Kier alpha value is -1.40. The number of aliphatic hydroxyl groups excluding tert-OH is 1. The van der Waals surface area contributed by atoms with Crippen molar-refractivity contribution in [2.75, 3.05) is 26.2 Å². The molecule has 0 amide bonds. The maximum atomic E-state index is 11.0. The molecule has 4 unspecified atom stereocenters. The van der Waals surface area contributed by atoms with Crippen LogP contribution in [0.5, 0.6) is 11.8 Å². The topological polar surface area (TPSA) is 68.9 Å². The van der Waals surface area contributed by atoms with Crippen LogP contribution in [0.4, 0.5) is 0 Å². The Morgan fingerprint density at radius 3 is 2.32 bits per heavy atom. The third-order valence-corrected chi connectivity index (χ3v) is 10.4. The third kappa shape index (κ3) is 3.57. The van der Waals surface area contributed by atoms with E-state index in [1.807, 2.05) is 12.1 Å². The van der Waals surface area contributed by atoms with E-state index in [9.17, 15) is 15.3 Å². The summed E-state index contributed by atoms with van der Waals surface area (Å²) in [5, 5.41) is 33.2. The van der Waals surface area contributed by atoms with Crippen LogP contribution in [-0.2, 0) is 6.54 Å². The minimum absolute atomic E-state index is 0.151. The van der Waals surface area contributed by atoms with Crippen LogP contribution < -0.4 is 0 Å². The zero-order valence-electron chi connectivity index (χ0n) is 19.6. The summed E-state index contributed by atoms with van der Waals surface area (Å²) in [5.41, 5.74) is 3.05. The van der Waals surface area contributed by atoms with Gasteiger partial charge < -0.3 is 20.2 Å². The number of hydrogen-bond acceptors (Lipinski definition) is 4. The van der Waals surface area contributed by atoms with E-state index < -0.39 is 0 Å². The van der Waals surface area contributed by atoms with Crippen LogP contribution in [0, 0.1) is 23.7 Å². The van der Waals surface area contributed by atoms with E-state index in [1.165, 1.54) is 5.56 Å². The van der Waals surface area contributed by atoms with E-state index in [1.54, 1.807) is 4.57 Å². The Morgan fingerprint density at radius 2 is 1.62 bits per heavy atom. The van der Waals surface area contributed by atoms with Crippen molar-refractivity contribution in [1.82, 2.24) is 9.47 Å². The summed E-state index contributed by atoms with van der Waals surface area (Å²) in [6.07, 6.45) is 4.28. The van der Waals surface area contributed by atoms with Crippen molar-refractivity contribution in [3.05, 3.63) is 44.9 Å². The molecule has 2 heterocycles. The number of benzene rings is 1. The predicted octanol–water partition coefficient (Wildman–Crippen LogP) is 5.55. The molecule has 4 aliphatic rings. The minimum Gasteiger partial charge on any atom is -0.494 e. The number of aromatic hydroxyl groups is 2. The van der Waals surface area contributed by atoms with E-state index in [4.69, 9.17) is 23.2 Å². The molecule has 1 aliphatic heterocycles. The van der Waals surface area contributed by atoms with Crippen molar-refractivity contribution in [3.63, 3.8) is 0 Å². The highest BCUT2D eigenvalue weighted by Crippen LogP contribution is 2.64. The molecule has 2 bridgehead atoms. The van der Waals surface area contributed by atoms with Crippen LogP contribution in [0.2, 0.25) is 10.0 Å². The molecular weight excluding hydrogens is 471 g/mol. The first-order chi connectivity index (χ1) is 16.4. The summed E-state index contributed by atoms with van der Waals surface area (Å²) < 4.78 is 1.76. The van der Waals surface area contributed by atoms with Gasteiger partial charge in [0.2, 0.25) is 0 Å². The molecule has 2 saturated carbocycles.